The molecule has 1 amide bonds. The summed E-state index contributed by atoms with van der Waals surface area (Å²) in [5.74, 6) is -1.20. The van der Waals surface area contributed by atoms with Crippen LogP contribution in [0.25, 0.3) is 0 Å². The summed E-state index contributed by atoms with van der Waals surface area (Å²) in [5.41, 5.74) is -0.457. The lowest BCUT2D eigenvalue weighted by atomic mass is 9.94. The molecule has 0 aromatic carbocycles. The van der Waals surface area contributed by atoms with E-state index in [1.54, 1.807) is 24.5 Å². The second-order valence-electron chi connectivity index (χ2n) is 4.70. The van der Waals surface area contributed by atoms with Gasteiger partial charge in [-0.05, 0) is 42.8 Å². The minimum absolute atomic E-state index is 0.0910. The van der Waals surface area contributed by atoms with Gasteiger partial charge in [-0.2, -0.15) is 0 Å². The van der Waals surface area contributed by atoms with Crippen LogP contribution in [0.1, 0.15) is 31.3 Å². The SMILES string of the molecule is CCn1cc(Br)cc1C(=O)NCC(C)(C)C(=O)O. The van der Waals surface area contributed by atoms with E-state index in [9.17, 15) is 9.59 Å². The number of nitrogens with one attached hydrogen (secondary N) is 1. The number of rotatable bonds is 5. The van der Waals surface area contributed by atoms with Crippen molar-refractivity contribution in [2.75, 3.05) is 6.54 Å². The molecule has 1 rings (SSSR count). The van der Waals surface area contributed by atoms with Crippen LogP contribution in [-0.2, 0) is 11.3 Å². The summed E-state index contributed by atoms with van der Waals surface area (Å²) in [6, 6.07) is 1.71. The summed E-state index contributed by atoms with van der Waals surface area (Å²) < 4.78 is 2.62. The molecule has 1 aromatic heterocycles. The zero-order valence-electron chi connectivity index (χ0n) is 10.7. The third-order valence-electron chi connectivity index (χ3n) is 2.71. The molecule has 1 heterocycles. The number of hydrogen-bond acceptors (Lipinski definition) is 2. The molecule has 6 heteroatoms. The first-order valence-electron chi connectivity index (χ1n) is 5.65. The summed E-state index contributed by atoms with van der Waals surface area (Å²) in [5, 5.41) is 11.6. The number of hydrogen-bond donors (Lipinski definition) is 2. The van der Waals surface area contributed by atoms with Crippen LogP contribution in [0, 0.1) is 5.41 Å². The number of carbonyl (C=O) groups excluding carboxylic acids is 1. The van der Waals surface area contributed by atoms with Gasteiger partial charge in [0.1, 0.15) is 5.69 Å². The molecule has 0 radical (unpaired) electrons. The number of nitrogens with zero attached hydrogens (tertiary/aromatic N) is 1. The van der Waals surface area contributed by atoms with Gasteiger partial charge in [0, 0.05) is 23.8 Å². The second-order valence-corrected chi connectivity index (χ2v) is 5.62. The van der Waals surface area contributed by atoms with Crippen LogP contribution in [0.2, 0.25) is 0 Å². The van der Waals surface area contributed by atoms with Crippen LogP contribution in [0.15, 0.2) is 16.7 Å². The molecule has 0 saturated heterocycles. The number of halogens is 1. The Bertz CT molecular complexity index is 466. The zero-order valence-corrected chi connectivity index (χ0v) is 12.2. The number of carboxylic acid groups (broad SMARTS) is 1. The lowest BCUT2D eigenvalue weighted by Gasteiger charge is -2.19. The predicted molar refractivity (Wildman–Crippen MR) is 71.6 cm³/mol. The Balaban J connectivity index is 2.74. The number of aromatic nitrogens is 1. The maximum Gasteiger partial charge on any atom is 0.310 e. The molecule has 0 bridgehead atoms. The average molecular weight is 317 g/mol. The number of carboxylic acids is 1. The van der Waals surface area contributed by atoms with E-state index in [-0.39, 0.29) is 12.5 Å². The molecule has 2 N–H and O–H groups in total. The van der Waals surface area contributed by atoms with Crippen LogP contribution >= 0.6 is 15.9 Å². The molecule has 0 spiro atoms. The third kappa shape index (κ3) is 3.35. The van der Waals surface area contributed by atoms with Crippen molar-refractivity contribution in [3.8, 4) is 0 Å². The molecular weight excluding hydrogens is 300 g/mol. The Morgan fingerprint density at radius 1 is 1.50 bits per heavy atom. The molecule has 0 fully saturated rings. The molecule has 5 nitrogen and oxygen atoms in total. The predicted octanol–water partition coefficient (Wildman–Crippen LogP) is 2.11. The Morgan fingerprint density at radius 2 is 2.11 bits per heavy atom. The standard InChI is InChI=1S/C12H17BrN2O3/c1-4-15-6-8(13)5-9(15)10(16)14-7-12(2,3)11(17)18/h5-6H,4,7H2,1-3H3,(H,14,16)(H,17,18). The van der Waals surface area contributed by atoms with E-state index in [0.29, 0.717) is 12.2 Å². The second kappa shape index (κ2) is 5.56. The van der Waals surface area contributed by atoms with E-state index in [2.05, 4.69) is 21.2 Å². The van der Waals surface area contributed by atoms with Gasteiger partial charge in [-0.15, -0.1) is 0 Å². The molecule has 100 valence electrons. The van der Waals surface area contributed by atoms with E-state index in [1.165, 1.54) is 0 Å². The molecule has 0 unspecified atom stereocenters. The van der Waals surface area contributed by atoms with E-state index < -0.39 is 11.4 Å². The van der Waals surface area contributed by atoms with Crippen molar-refractivity contribution in [1.29, 1.82) is 0 Å². The van der Waals surface area contributed by atoms with Crippen molar-refractivity contribution in [3.05, 3.63) is 22.4 Å². The highest BCUT2D eigenvalue weighted by molar-refractivity contribution is 9.10. The Kier molecular flexibility index (Phi) is 4.56. The van der Waals surface area contributed by atoms with Gasteiger partial charge in [0.2, 0.25) is 0 Å². The molecule has 0 saturated carbocycles. The summed E-state index contributed by atoms with van der Waals surface area (Å²) in [6.07, 6.45) is 1.82. The largest absolute Gasteiger partial charge is 0.481 e. The fourth-order valence-electron chi connectivity index (χ4n) is 1.39. The highest BCUT2D eigenvalue weighted by Crippen LogP contribution is 2.16. The summed E-state index contributed by atoms with van der Waals surface area (Å²) >= 11 is 3.31. The molecule has 1 aromatic rings. The van der Waals surface area contributed by atoms with Crippen LogP contribution in [0.3, 0.4) is 0 Å². The fourth-order valence-corrected chi connectivity index (χ4v) is 1.86. The van der Waals surface area contributed by atoms with Crippen molar-refractivity contribution in [1.82, 2.24) is 9.88 Å². The monoisotopic (exact) mass is 316 g/mol. The number of carbonyl (C=O) groups is 2. The van der Waals surface area contributed by atoms with Gasteiger partial charge in [-0.25, -0.2) is 0 Å². The lowest BCUT2D eigenvalue weighted by molar-refractivity contribution is -0.146. The van der Waals surface area contributed by atoms with E-state index in [4.69, 9.17) is 5.11 Å². The first-order valence-corrected chi connectivity index (χ1v) is 6.44. The van der Waals surface area contributed by atoms with Crippen molar-refractivity contribution in [2.24, 2.45) is 5.41 Å². The van der Waals surface area contributed by atoms with Crippen molar-refractivity contribution < 1.29 is 14.7 Å². The van der Waals surface area contributed by atoms with Crippen molar-refractivity contribution in [3.63, 3.8) is 0 Å². The highest BCUT2D eigenvalue weighted by atomic mass is 79.9. The van der Waals surface area contributed by atoms with Crippen LogP contribution < -0.4 is 5.32 Å². The van der Waals surface area contributed by atoms with E-state index >= 15 is 0 Å². The number of aryl methyl sites for hydroxylation is 1. The van der Waals surface area contributed by atoms with E-state index in [0.717, 1.165) is 4.47 Å². The maximum atomic E-state index is 12.0. The first-order chi connectivity index (χ1) is 8.27. The van der Waals surface area contributed by atoms with Gasteiger partial charge >= 0.3 is 5.97 Å². The third-order valence-corrected chi connectivity index (χ3v) is 3.14. The molecule has 18 heavy (non-hydrogen) atoms. The zero-order chi connectivity index (χ0) is 13.9. The van der Waals surface area contributed by atoms with Gasteiger partial charge in [0.25, 0.3) is 5.91 Å². The Labute approximate surface area is 114 Å². The first kappa shape index (κ1) is 14.8. The van der Waals surface area contributed by atoms with Gasteiger partial charge in [-0.3, -0.25) is 9.59 Å². The summed E-state index contributed by atoms with van der Waals surface area (Å²) in [6.45, 7) is 5.85. The highest BCUT2D eigenvalue weighted by Gasteiger charge is 2.28. The normalized spacial score (nSPS) is 11.3. The average Bonchev–Trinajstić information content (AvgIpc) is 2.67. The van der Waals surface area contributed by atoms with Gasteiger partial charge in [-0.1, -0.05) is 0 Å². The molecule has 0 aliphatic rings. The quantitative estimate of drug-likeness (QED) is 0.874. The van der Waals surface area contributed by atoms with Crippen LogP contribution in [0.4, 0.5) is 0 Å². The van der Waals surface area contributed by atoms with Crippen LogP contribution in [0.5, 0.6) is 0 Å². The minimum Gasteiger partial charge on any atom is -0.481 e. The van der Waals surface area contributed by atoms with Crippen molar-refractivity contribution >= 4 is 27.8 Å². The molecular formula is C12H17BrN2O3. The molecule has 0 aliphatic carbocycles. The number of aliphatic carboxylic acids is 1. The smallest absolute Gasteiger partial charge is 0.310 e. The molecule has 0 atom stereocenters. The van der Waals surface area contributed by atoms with Gasteiger partial charge in [0.05, 0.1) is 5.41 Å². The van der Waals surface area contributed by atoms with E-state index in [1.807, 2.05) is 13.1 Å². The summed E-state index contributed by atoms with van der Waals surface area (Å²) in [7, 11) is 0. The lowest BCUT2D eigenvalue weighted by Crippen LogP contribution is -2.39. The van der Waals surface area contributed by atoms with Gasteiger partial charge < -0.3 is 15.0 Å². The maximum absolute atomic E-state index is 12.0. The topological polar surface area (TPSA) is 71.3 Å². The Morgan fingerprint density at radius 3 is 2.61 bits per heavy atom. The van der Waals surface area contributed by atoms with Gasteiger partial charge in [0.15, 0.2) is 0 Å². The molecule has 0 aliphatic heterocycles. The Hall–Kier alpha value is -1.30. The van der Waals surface area contributed by atoms with Crippen molar-refractivity contribution in [2.45, 2.75) is 27.3 Å². The minimum atomic E-state index is -0.976. The fraction of sp³-hybridized carbons (Fsp3) is 0.500. The summed E-state index contributed by atoms with van der Waals surface area (Å²) in [4.78, 5) is 22.9. The van der Waals surface area contributed by atoms with Crippen LogP contribution in [-0.4, -0.2) is 28.1 Å². The number of amides is 1.